The van der Waals surface area contributed by atoms with Gasteiger partial charge in [-0.25, -0.2) is 4.98 Å². The first-order valence-corrected chi connectivity index (χ1v) is 5.32. The van der Waals surface area contributed by atoms with E-state index < -0.39 is 0 Å². The van der Waals surface area contributed by atoms with Gasteiger partial charge < -0.3 is 10.2 Å². The molecule has 2 aromatic rings. The van der Waals surface area contributed by atoms with E-state index in [9.17, 15) is 0 Å². The summed E-state index contributed by atoms with van der Waals surface area (Å²) >= 11 is 0. The van der Waals surface area contributed by atoms with Crippen LogP contribution in [0.1, 0.15) is 19.4 Å². The molecule has 2 N–H and O–H groups in total. The fraction of sp³-hybridized carbons (Fsp3) is 0.308. The standard InChI is InChI=1S/C13H16N2O/c1-13(2,14)9-10-4-3-5-11(8-10)12-15-6-7-16-12/h3-8H,9,14H2,1-2H3. The van der Waals surface area contributed by atoms with Gasteiger partial charge in [0.15, 0.2) is 0 Å². The molecule has 0 aliphatic rings. The summed E-state index contributed by atoms with van der Waals surface area (Å²) in [5.74, 6) is 0.650. The van der Waals surface area contributed by atoms with Crippen molar-refractivity contribution in [1.82, 2.24) is 4.98 Å². The van der Waals surface area contributed by atoms with Crippen molar-refractivity contribution in [1.29, 1.82) is 0 Å². The second-order valence-electron chi connectivity index (χ2n) is 4.70. The SMILES string of the molecule is CC(C)(N)Cc1cccc(-c2ncco2)c1. The van der Waals surface area contributed by atoms with E-state index in [1.807, 2.05) is 26.0 Å². The molecule has 0 aliphatic heterocycles. The van der Waals surface area contributed by atoms with Gasteiger partial charge >= 0.3 is 0 Å². The fourth-order valence-electron chi connectivity index (χ4n) is 1.71. The van der Waals surface area contributed by atoms with Crippen LogP contribution in [0.5, 0.6) is 0 Å². The maximum Gasteiger partial charge on any atom is 0.225 e. The zero-order valence-corrected chi connectivity index (χ0v) is 9.60. The Kier molecular flexibility index (Phi) is 2.79. The third-order valence-corrected chi connectivity index (χ3v) is 2.27. The summed E-state index contributed by atoms with van der Waals surface area (Å²) in [4.78, 5) is 4.13. The number of benzene rings is 1. The first-order valence-electron chi connectivity index (χ1n) is 5.32. The Morgan fingerprint density at radius 3 is 2.81 bits per heavy atom. The Balaban J connectivity index is 2.27. The highest BCUT2D eigenvalue weighted by molar-refractivity contribution is 5.54. The molecule has 0 radical (unpaired) electrons. The zero-order valence-electron chi connectivity index (χ0n) is 9.60. The summed E-state index contributed by atoms with van der Waals surface area (Å²) in [5, 5.41) is 0. The van der Waals surface area contributed by atoms with Crippen molar-refractivity contribution in [2.24, 2.45) is 5.73 Å². The molecule has 0 saturated heterocycles. The van der Waals surface area contributed by atoms with Crippen LogP contribution in [-0.2, 0) is 6.42 Å². The molecule has 0 atom stereocenters. The average molecular weight is 216 g/mol. The minimum absolute atomic E-state index is 0.199. The molecule has 0 amide bonds. The van der Waals surface area contributed by atoms with E-state index in [4.69, 9.17) is 10.2 Å². The molecule has 3 heteroatoms. The zero-order chi connectivity index (χ0) is 11.6. The molecule has 0 bridgehead atoms. The van der Waals surface area contributed by atoms with Crippen LogP contribution in [0.2, 0.25) is 0 Å². The van der Waals surface area contributed by atoms with Gasteiger partial charge in [0.25, 0.3) is 0 Å². The van der Waals surface area contributed by atoms with Gasteiger partial charge in [-0.15, -0.1) is 0 Å². The van der Waals surface area contributed by atoms with Crippen molar-refractivity contribution in [3.05, 3.63) is 42.3 Å². The topological polar surface area (TPSA) is 52.0 Å². The Labute approximate surface area is 95.3 Å². The third kappa shape index (κ3) is 2.70. The first-order chi connectivity index (χ1) is 7.54. The Morgan fingerprint density at radius 1 is 1.38 bits per heavy atom. The number of nitrogens with zero attached hydrogens (tertiary/aromatic N) is 1. The molecule has 16 heavy (non-hydrogen) atoms. The van der Waals surface area contributed by atoms with E-state index in [1.54, 1.807) is 12.5 Å². The van der Waals surface area contributed by atoms with Crippen molar-refractivity contribution in [3.8, 4) is 11.5 Å². The van der Waals surface area contributed by atoms with E-state index >= 15 is 0 Å². The molecule has 1 aromatic heterocycles. The molecule has 3 nitrogen and oxygen atoms in total. The van der Waals surface area contributed by atoms with E-state index in [0.29, 0.717) is 5.89 Å². The molecule has 0 aliphatic carbocycles. The van der Waals surface area contributed by atoms with Crippen molar-refractivity contribution in [3.63, 3.8) is 0 Å². The van der Waals surface area contributed by atoms with E-state index in [1.165, 1.54) is 5.56 Å². The Hall–Kier alpha value is -1.61. The largest absolute Gasteiger partial charge is 0.445 e. The van der Waals surface area contributed by atoms with Crippen LogP contribution in [-0.4, -0.2) is 10.5 Å². The summed E-state index contributed by atoms with van der Waals surface area (Å²) in [6, 6.07) is 8.13. The minimum Gasteiger partial charge on any atom is -0.445 e. The molecule has 84 valence electrons. The lowest BCUT2D eigenvalue weighted by atomic mass is 9.95. The molecule has 0 spiro atoms. The second kappa shape index (κ2) is 4.10. The summed E-state index contributed by atoms with van der Waals surface area (Å²) in [6.07, 6.45) is 4.06. The summed E-state index contributed by atoms with van der Waals surface area (Å²) in [6.45, 7) is 4.04. The monoisotopic (exact) mass is 216 g/mol. The highest BCUT2D eigenvalue weighted by atomic mass is 16.3. The molecule has 0 fully saturated rings. The van der Waals surface area contributed by atoms with Gasteiger partial charge in [0.05, 0.1) is 6.20 Å². The van der Waals surface area contributed by atoms with Crippen LogP contribution in [0.4, 0.5) is 0 Å². The predicted molar refractivity (Wildman–Crippen MR) is 63.9 cm³/mol. The number of aromatic nitrogens is 1. The Morgan fingerprint density at radius 2 is 2.19 bits per heavy atom. The smallest absolute Gasteiger partial charge is 0.225 e. The molecule has 0 saturated carbocycles. The molecular weight excluding hydrogens is 200 g/mol. The lowest BCUT2D eigenvalue weighted by molar-refractivity contribution is 0.516. The number of rotatable bonds is 3. The van der Waals surface area contributed by atoms with Gasteiger partial charge in [-0.2, -0.15) is 0 Å². The van der Waals surface area contributed by atoms with Crippen molar-refractivity contribution in [2.45, 2.75) is 25.8 Å². The molecule has 2 rings (SSSR count). The summed E-state index contributed by atoms with van der Waals surface area (Å²) < 4.78 is 5.26. The van der Waals surface area contributed by atoms with Gasteiger partial charge in [0.2, 0.25) is 5.89 Å². The maximum atomic E-state index is 6.00. The highest BCUT2D eigenvalue weighted by Crippen LogP contribution is 2.20. The van der Waals surface area contributed by atoms with Gasteiger partial charge in [-0.1, -0.05) is 12.1 Å². The maximum absolute atomic E-state index is 6.00. The van der Waals surface area contributed by atoms with Crippen molar-refractivity contribution < 1.29 is 4.42 Å². The average Bonchev–Trinajstić information content (AvgIpc) is 2.68. The number of oxazole rings is 1. The minimum atomic E-state index is -0.199. The Bertz CT molecular complexity index is 455. The summed E-state index contributed by atoms with van der Waals surface area (Å²) in [7, 11) is 0. The van der Waals surface area contributed by atoms with Gasteiger partial charge in [0, 0.05) is 11.1 Å². The molecule has 0 unspecified atom stereocenters. The normalized spacial score (nSPS) is 11.7. The first kappa shape index (κ1) is 10.9. The number of hydrogen-bond donors (Lipinski definition) is 1. The predicted octanol–water partition coefficient (Wildman–Crippen LogP) is 2.62. The van der Waals surface area contributed by atoms with Gasteiger partial charge in [-0.3, -0.25) is 0 Å². The van der Waals surface area contributed by atoms with Gasteiger partial charge in [0.1, 0.15) is 6.26 Å². The van der Waals surface area contributed by atoms with Crippen molar-refractivity contribution in [2.75, 3.05) is 0 Å². The van der Waals surface area contributed by atoms with E-state index in [2.05, 4.69) is 17.1 Å². The second-order valence-corrected chi connectivity index (χ2v) is 4.70. The van der Waals surface area contributed by atoms with Crippen LogP contribution in [0.25, 0.3) is 11.5 Å². The van der Waals surface area contributed by atoms with E-state index in [0.717, 1.165) is 12.0 Å². The van der Waals surface area contributed by atoms with Crippen molar-refractivity contribution >= 4 is 0 Å². The molecule has 1 aromatic carbocycles. The fourth-order valence-corrected chi connectivity index (χ4v) is 1.71. The molecular formula is C13H16N2O. The highest BCUT2D eigenvalue weighted by Gasteiger charge is 2.12. The lowest BCUT2D eigenvalue weighted by Crippen LogP contribution is -2.34. The van der Waals surface area contributed by atoms with Crippen LogP contribution < -0.4 is 5.73 Å². The summed E-state index contributed by atoms with van der Waals surface area (Å²) in [5.41, 5.74) is 7.99. The van der Waals surface area contributed by atoms with Crippen LogP contribution in [0, 0.1) is 0 Å². The van der Waals surface area contributed by atoms with Crippen LogP contribution in [0.3, 0.4) is 0 Å². The van der Waals surface area contributed by atoms with E-state index in [-0.39, 0.29) is 5.54 Å². The number of hydrogen-bond acceptors (Lipinski definition) is 3. The quantitative estimate of drug-likeness (QED) is 0.858. The third-order valence-electron chi connectivity index (χ3n) is 2.27. The lowest BCUT2D eigenvalue weighted by Gasteiger charge is -2.18. The van der Waals surface area contributed by atoms with Gasteiger partial charge in [-0.05, 0) is 38.0 Å². The number of nitrogens with two attached hydrogens (primary N) is 1. The van der Waals surface area contributed by atoms with Crippen LogP contribution >= 0.6 is 0 Å². The van der Waals surface area contributed by atoms with Crippen LogP contribution in [0.15, 0.2) is 41.1 Å². The molecule has 1 heterocycles.